The summed E-state index contributed by atoms with van der Waals surface area (Å²) in [6, 6.07) is 6.74. The molecule has 3 heteroatoms. The zero-order chi connectivity index (χ0) is 14.0. The van der Waals surface area contributed by atoms with E-state index in [1.165, 1.54) is 0 Å². The first-order valence-electron chi connectivity index (χ1n) is 6.20. The van der Waals surface area contributed by atoms with Crippen molar-refractivity contribution in [1.29, 1.82) is 0 Å². The Morgan fingerprint density at radius 2 is 1.67 bits per heavy atom. The van der Waals surface area contributed by atoms with Crippen LogP contribution in [0.2, 0.25) is 0 Å². The number of carbonyl (C=O) groups is 1. The average molecular weight is 250 g/mol. The molecule has 0 aromatic heterocycles. The van der Waals surface area contributed by atoms with Crippen LogP contribution in [0.15, 0.2) is 24.3 Å². The summed E-state index contributed by atoms with van der Waals surface area (Å²) in [5.74, 6) is -0.0398. The molecule has 100 valence electrons. The van der Waals surface area contributed by atoms with Crippen molar-refractivity contribution in [3.63, 3.8) is 0 Å². The number of rotatable bonds is 3. The lowest BCUT2D eigenvalue weighted by atomic mass is 9.64. The van der Waals surface area contributed by atoms with Crippen molar-refractivity contribution in [2.75, 3.05) is 6.61 Å². The molecule has 3 nitrogen and oxygen atoms in total. The molecule has 1 N–H and O–H groups in total. The second-order valence-corrected chi connectivity index (χ2v) is 5.64. The molecular weight excluding hydrogens is 228 g/mol. The lowest BCUT2D eigenvalue weighted by Crippen LogP contribution is -2.45. The quantitative estimate of drug-likeness (QED) is 0.837. The van der Waals surface area contributed by atoms with E-state index in [4.69, 9.17) is 4.74 Å². The van der Waals surface area contributed by atoms with Crippen LogP contribution in [-0.4, -0.2) is 17.7 Å². The number of aromatic hydroxyl groups is 1. The van der Waals surface area contributed by atoms with Gasteiger partial charge in [0.25, 0.3) is 0 Å². The number of esters is 1. The molecule has 0 heterocycles. The number of hydrogen-bond donors (Lipinski definition) is 1. The third kappa shape index (κ3) is 2.50. The van der Waals surface area contributed by atoms with Gasteiger partial charge in [0, 0.05) is 0 Å². The van der Waals surface area contributed by atoms with Gasteiger partial charge in [-0.2, -0.15) is 0 Å². The molecule has 0 amide bonds. The molecule has 0 aliphatic rings. The van der Waals surface area contributed by atoms with Gasteiger partial charge in [-0.05, 0) is 37.0 Å². The maximum Gasteiger partial charge on any atom is 0.316 e. The van der Waals surface area contributed by atoms with Gasteiger partial charge in [0.1, 0.15) is 5.75 Å². The van der Waals surface area contributed by atoms with Crippen LogP contribution < -0.4 is 0 Å². The third-order valence-electron chi connectivity index (χ3n) is 3.63. The fourth-order valence-corrected chi connectivity index (χ4v) is 1.93. The molecule has 1 unspecified atom stereocenters. The van der Waals surface area contributed by atoms with E-state index < -0.39 is 5.41 Å². The number of hydrogen-bond acceptors (Lipinski definition) is 3. The van der Waals surface area contributed by atoms with E-state index in [0.717, 1.165) is 5.56 Å². The summed E-state index contributed by atoms with van der Waals surface area (Å²) in [5.41, 5.74) is -0.168. The van der Waals surface area contributed by atoms with Crippen molar-refractivity contribution in [2.24, 2.45) is 5.41 Å². The molecule has 0 aliphatic carbocycles. The molecule has 18 heavy (non-hydrogen) atoms. The van der Waals surface area contributed by atoms with Crippen molar-refractivity contribution in [2.45, 2.75) is 40.0 Å². The molecular formula is C15H22O3. The number of benzene rings is 1. The molecule has 0 radical (unpaired) electrons. The molecule has 0 saturated heterocycles. The second kappa shape index (κ2) is 5.01. The van der Waals surface area contributed by atoms with Crippen molar-refractivity contribution in [3.8, 4) is 5.75 Å². The topological polar surface area (TPSA) is 46.5 Å². The van der Waals surface area contributed by atoms with Gasteiger partial charge in [-0.25, -0.2) is 0 Å². The molecule has 0 saturated carbocycles. The highest BCUT2D eigenvalue weighted by Gasteiger charge is 2.46. The Morgan fingerprint density at radius 1 is 1.17 bits per heavy atom. The summed E-state index contributed by atoms with van der Waals surface area (Å²) in [7, 11) is 0. The van der Waals surface area contributed by atoms with Crippen molar-refractivity contribution in [1.82, 2.24) is 0 Å². The second-order valence-electron chi connectivity index (χ2n) is 5.64. The van der Waals surface area contributed by atoms with Crippen molar-refractivity contribution >= 4 is 5.97 Å². The first-order chi connectivity index (χ1) is 8.23. The minimum absolute atomic E-state index is 0.193. The highest BCUT2D eigenvalue weighted by molar-refractivity contribution is 5.83. The maximum absolute atomic E-state index is 12.3. The van der Waals surface area contributed by atoms with Crippen molar-refractivity contribution < 1.29 is 14.6 Å². The van der Waals surface area contributed by atoms with Gasteiger partial charge in [0.05, 0.1) is 12.0 Å². The predicted molar refractivity (Wildman–Crippen MR) is 71.5 cm³/mol. The fraction of sp³-hybridized carbons (Fsp3) is 0.533. The van der Waals surface area contributed by atoms with Crippen LogP contribution in [0.3, 0.4) is 0 Å². The Bertz CT molecular complexity index is 414. The summed E-state index contributed by atoms with van der Waals surface area (Å²) in [6.45, 7) is 10.1. The van der Waals surface area contributed by atoms with E-state index in [2.05, 4.69) is 0 Å². The number of phenolic OH excluding ortho intramolecular Hbond substituents is 1. The standard InChI is InChI=1S/C15H22O3/c1-6-18-13(17)15(5,14(2,3)4)11-7-9-12(16)10-8-11/h7-10,16H,6H2,1-5H3. The van der Waals surface area contributed by atoms with E-state index in [1.807, 2.05) is 27.7 Å². The molecule has 1 rings (SSSR count). The molecule has 0 bridgehead atoms. The van der Waals surface area contributed by atoms with Gasteiger partial charge in [-0.15, -0.1) is 0 Å². The molecule has 0 aliphatic heterocycles. The van der Waals surface area contributed by atoms with E-state index in [1.54, 1.807) is 31.2 Å². The normalized spacial score (nSPS) is 14.9. The fourth-order valence-electron chi connectivity index (χ4n) is 1.93. The van der Waals surface area contributed by atoms with E-state index in [-0.39, 0.29) is 17.1 Å². The number of ether oxygens (including phenoxy) is 1. The third-order valence-corrected chi connectivity index (χ3v) is 3.63. The van der Waals surface area contributed by atoms with Gasteiger partial charge in [0.2, 0.25) is 0 Å². The highest BCUT2D eigenvalue weighted by atomic mass is 16.5. The number of phenols is 1. The number of carbonyl (C=O) groups excluding carboxylic acids is 1. The summed E-state index contributed by atoms with van der Waals surface area (Å²) in [6.07, 6.45) is 0. The Hall–Kier alpha value is -1.51. The molecule has 1 aromatic carbocycles. The zero-order valence-corrected chi connectivity index (χ0v) is 11.8. The predicted octanol–water partition coefficient (Wildman–Crippen LogP) is 3.26. The minimum atomic E-state index is -0.739. The SMILES string of the molecule is CCOC(=O)C(C)(c1ccc(O)cc1)C(C)(C)C. The summed E-state index contributed by atoms with van der Waals surface area (Å²) < 4.78 is 5.22. The van der Waals surface area contributed by atoms with Crippen molar-refractivity contribution in [3.05, 3.63) is 29.8 Å². The van der Waals surface area contributed by atoms with Crippen LogP contribution in [0, 0.1) is 5.41 Å². The van der Waals surface area contributed by atoms with E-state index in [0.29, 0.717) is 6.61 Å². The zero-order valence-electron chi connectivity index (χ0n) is 11.8. The summed E-state index contributed by atoms with van der Waals surface area (Å²) in [4.78, 5) is 12.3. The summed E-state index contributed by atoms with van der Waals surface area (Å²) in [5, 5.41) is 9.35. The maximum atomic E-state index is 12.3. The van der Waals surface area contributed by atoms with Crippen LogP contribution in [0.4, 0.5) is 0 Å². The first-order valence-corrected chi connectivity index (χ1v) is 6.20. The molecule has 0 fully saturated rings. The molecule has 1 aromatic rings. The lowest BCUT2D eigenvalue weighted by molar-refractivity contribution is -0.154. The Labute approximate surface area is 109 Å². The van der Waals surface area contributed by atoms with Gasteiger partial charge >= 0.3 is 5.97 Å². The summed E-state index contributed by atoms with van der Waals surface area (Å²) >= 11 is 0. The van der Waals surface area contributed by atoms with Gasteiger partial charge < -0.3 is 9.84 Å². The van der Waals surface area contributed by atoms with Gasteiger partial charge in [-0.1, -0.05) is 32.9 Å². The van der Waals surface area contributed by atoms with E-state index in [9.17, 15) is 9.90 Å². The smallest absolute Gasteiger partial charge is 0.316 e. The van der Waals surface area contributed by atoms with E-state index >= 15 is 0 Å². The first kappa shape index (κ1) is 14.6. The van der Waals surface area contributed by atoms with Gasteiger partial charge in [-0.3, -0.25) is 4.79 Å². The average Bonchev–Trinajstić information content (AvgIpc) is 2.27. The largest absolute Gasteiger partial charge is 0.508 e. The van der Waals surface area contributed by atoms with Gasteiger partial charge in [0.15, 0.2) is 0 Å². The highest BCUT2D eigenvalue weighted by Crippen LogP contribution is 2.42. The van der Waals surface area contributed by atoms with Crippen LogP contribution >= 0.6 is 0 Å². The van der Waals surface area contributed by atoms with Crippen LogP contribution in [0.1, 0.15) is 40.2 Å². The van der Waals surface area contributed by atoms with Crippen LogP contribution in [0.5, 0.6) is 5.75 Å². The molecule has 1 atom stereocenters. The molecule has 0 spiro atoms. The monoisotopic (exact) mass is 250 g/mol. The Morgan fingerprint density at radius 3 is 2.06 bits per heavy atom. The Kier molecular flexibility index (Phi) is 4.05. The Balaban J connectivity index is 3.29. The van der Waals surface area contributed by atoms with Crippen LogP contribution in [0.25, 0.3) is 0 Å². The lowest BCUT2D eigenvalue weighted by Gasteiger charge is -2.40. The van der Waals surface area contributed by atoms with Crippen LogP contribution in [-0.2, 0) is 14.9 Å². The minimum Gasteiger partial charge on any atom is -0.508 e.